The van der Waals surface area contributed by atoms with Crippen LogP contribution in [0.4, 0.5) is 11.4 Å². The molecular formula is C30H32N6O4. The Labute approximate surface area is 231 Å². The summed E-state index contributed by atoms with van der Waals surface area (Å²) in [6.45, 7) is 5.60. The molecule has 40 heavy (non-hydrogen) atoms. The molecule has 8 rings (SSSR count). The number of amides is 4. The van der Waals surface area contributed by atoms with Gasteiger partial charge in [0, 0.05) is 11.4 Å². The molecule has 10 nitrogen and oxygen atoms in total. The number of benzene rings is 2. The third-order valence-corrected chi connectivity index (χ3v) is 10.5. The van der Waals surface area contributed by atoms with Gasteiger partial charge in [-0.25, -0.2) is 0 Å². The summed E-state index contributed by atoms with van der Waals surface area (Å²) in [5.74, 6) is -0.627. The van der Waals surface area contributed by atoms with Crippen LogP contribution in [0, 0.1) is 5.92 Å². The van der Waals surface area contributed by atoms with Crippen LogP contribution in [0.5, 0.6) is 0 Å². The lowest BCUT2D eigenvalue weighted by Crippen LogP contribution is -2.67. The summed E-state index contributed by atoms with van der Waals surface area (Å²) in [6.07, 6.45) is -0.292. The summed E-state index contributed by atoms with van der Waals surface area (Å²) in [7, 11) is 0. The van der Waals surface area contributed by atoms with Crippen molar-refractivity contribution in [3.63, 3.8) is 0 Å². The predicted molar refractivity (Wildman–Crippen MR) is 146 cm³/mol. The maximum atomic E-state index is 14.1. The van der Waals surface area contributed by atoms with Crippen LogP contribution in [0.2, 0.25) is 0 Å². The lowest BCUT2D eigenvalue weighted by Gasteiger charge is -2.48. The SMILES string of the molecule is CC1NC(=O)C2CC3(C45CC6C(=O)NC(C(C)C)C(=O)N6C4Nc4ccccc45)c4ccccc4NC3N2C1=O. The fourth-order valence-electron chi connectivity index (χ4n) is 8.91. The zero-order valence-electron chi connectivity index (χ0n) is 22.6. The van der Waals surface area contributed by atoms with Crippen molar-refractivity contribution in [3.05, 3.63) is 59.7 Å². The Hall–Kier alpha value is -4.08. The van der Waals surface area contributed by atoms with E-state index in [0.29, 0.717) is 12.8 Å². The number of para-hydroxylation sites is 2. The second kappa shape index (κ2) is 7.56. The Balaban J connectivity index is 1.41. The highest BCUT2D eigenvalue weighted by molar-refractivity contribution is 6.01. The number of rotatable bonds is 2. The van der Waals surface area contributed by atoms with Gasteiger partial charge in [-0.3, -0.25) is 19.2 Å². The zero-order chi connectivity index (χ0) is 27.7. The number of hydrogen-bond acceptors (Lipinski definition) is 6. The van der Waals surface area contributed by atoms with E-state index in [-0.39, 0.29) is 29.5 Å². The van der Waals surface area contributed by atoms with E-state index in [2.05, 4.69) is 33.4 Å². The molecule has 206 valence electrons. The van der Waals surface area contributed by atoms with Gasteiger partial charge in [0.05, 0.1) is 10.8 Å². The van der Waals surface area contributed by atoms with Crippen molar-refractivity contribution in [3.8, 4) is 0 Å². The number of fused-ring (bicyclic) bond motifs is 11. The molecule has 8 unspecified atom stereocenters. The van der Waals surface area contributed by atoms with E-state index in [1.807, 2.05) is 50.2 Å². The molecule has 0 spiro atoms. The monoisotopic (exact) mass is 540 g/mol. The summed E-state index contributed by atoms with van der Waals surface area (Å²) in [6, 6.07) is 13.5. The number of carbonyl (C=O) groups is 4. The highest BCUT2D eigenvalue weighted by Crippen LogP contribution is 2.68. The lowest BCUT2D eigenvalue weighted by atomic mass is 9.54. The smallest absolute Gasteiger partial charge is 0.247 e. The summed E-state index contributed by atoms with van der Waals surface area (Å²) in [5.41, 5.74) is 2.27. The molecule has 10 heteroatoms. The molecule has 6 heterocycles. The van der Waals surface area contributed by atoms with E-state index in [0.717, 1.165) is 22.5 Å². The van der Waals surface area contributed by atoms with Crippen molar-refractivity contribution in [2.75, 3.05) is 10.6 Å². The number of nitrogens with one attached hydrogen (secondary N) is 4. The van der Waals surface area contributed by atoms with E-state index < -0.39 is 47.3 Å². The average molecular weight is 541 g/mol. The summed E-state index contributed by atoms with van der Waals surface area (Å²) >= 11 is 0. The molecule has 6 aliphatic rings. The van der Waals surface area contributed by atoms with Crippen molar-refractivity contribution >= 4 is 35.0 Å². The van der Waals surface area contributed by atoms with Crippen molar-refractivity contribution < 1.29 is 19.2 Å². The van der Waals surface area contributed by atoms with Gasteiger partial charge in [-0.1, -0.05) is 50.2 Å². The van der Waals surface area contributed by atoms with Gasteiger partial charge in [0.2, 0.25) is 23.6 Å². The Kier molecular flexibility index (Phi) is 4.49. The Morgan fingerprint density at radius 3 is 1.70 bits per heavy atom. The van der Waals surface area contributed by atoms with Crippen molar-refractivity contribution in [2.45, 2.75) is 80.9 Å². The Morgan fingerprint density at radius 1 is 0.700 bits per heavy atom. The van der Waals surface area contributed by atoms with Crippen molar-refractivity contribution in [2.24, 2.45) is 5.92 Å². The van der Waals surface area contributed by atoms with E-state index in [9.17, 15) is 19.2 Å². The molecule has 6 aliphatic heterocycles. The van der Waals surface area contributed by atoms with Crippen molar-refractivity contribution in [1.29, 1.82) is 0 Å². The molecule has 0 radical (unpaired) electrons. The van der Waals surface area contributed by atoms with Gasteiger partial charge in [-0.15, -0.1) is 0 Å². The minimum atomic E-state index is -0.793. The molecule has 0 aliphatic carbocycles. The van der Waals surface area contributed by atoms with Gasteiger partial charge in [0.15, 0.2) is 0 Å². The van der Waals surface area contributed by atoms with E-state index in [4.69, 9.17) is 0 Å². The zero-order valence-corrected chi connectivity index (χ0v) is 22.6. The van der Waals surface area contributed by atoms with Crippen LogP contribution in [-0.2, 0) is 30.0 Å². The van der Waals surface area contributed by atoms with Crippen LogP contribution in [0.1, 0.15) is 44.7 Å². The van der Waals surface area contributed by atoms with Crippen LogP contribution in [0.3, 0.4) is 0 Å². The first-order valence-electron chi connectivity index (χ1n) is 14.2. The van der Waals surface area contributed by atoms with Gasteiger partial charge in [-0.2, -0.15) is 0 Å². The molecule has 8 atom stereocenters. The standard InChI is InChI=1S/C30H32N6O4/c1-14(2)22-26(40)36-21(24(38)34-22)13-30(17-9-5-7-11-19(17)33-28(30)36)29-12-20-23(37)31-15(3)25(39)35(20)27(29)32-18-10-6-4-8-16(18)29/h4-11,14-15,20-22,27-28,32-33H,12-13H2,1-3H3,(H,31,37)(H,34,38). The highest BCUT2D eigenvalue weighted by Gasteiger charge is 2.78. The predicted octanol–water partition coefficient (Wildman–Crippen LogP) is 1.24. The molecule has 4 saturated heterocycles. The molecule has 4 amide bonds. The molecule has 0 aromatic heterocycles. The molecule has 0 bridgehead atoms. The summed E-state index contributed by atoms with van der Waals surface area (Å²) in [4.78, 5) is 58.5. The second-order valence-corrected chi connectivity index (χ2v) is 12.5. The van der Waals surface area contributed by atoms with Gasteiger partial charge in [-0.05, 0) is 48.9 Å². The van der Waals surface area contributed by atoms with Crippen LogP contribution in [-0.4, -0.2) is 69.9 Å². The van der Waals surface area contributed by atoms with Gasteiger partial charge in [0.1, 0.15) is 36.5 Å². The third-order valence-electron chi connectivity index (χ3n) is 10.5. The summed E-state index contributed by atoms with van der Waals surface area (Å²) in [5, 5.41) is 13.2. The molecule has 2 aromatic carbocycles. The van der Waals surface area contributed by atoms with E-state index >= 15 is 0 Å². The fourth-order valence-corrected chi connectivity index (χ4v) is 8.91. The molecule has 4 fully saturated rings. The van der Waals surface area contributed by atoms with Crippen LogP contribution >= 0.6 is 0 Å². The number of anilines is 2. The topological polar surface area (TPSA) is 123 Å². The Morgan fingerprint density at radius 2 is 1.18 bits per heavy atom. The second-order valence-electron chi connectivity index (χ2n) is 12.5. The van der Waals surface area contributed by atoms with E-state index in [1.54, 1.807) is 16.7 Å². The minimum absolute atomic E-state index is 0.0702. The van der Waals surface area contributed by atoms with Crippen LogP contribution < -0.4 is 21.3 Å². The fraction of sp³-hybridized carbons (Fsp3) is 0.467. The maximum absolute atomic E-state index is 14.1. The van der Waals surface area contributed by atoms with E-state index in [1.165, 1.54) is 0 Å². The third kappa shape index (κ3) is 2.51. The first-order chi connectivity index (χ1) is 19.2. The number of nitrogens with zero attached hydrogens (tertiary/aromatic N) is 2. The number of carbonyl (C=O) groups excluding carboxylic acids is 4. The first-order valence-corrected chi connectivity index (χ1v) is 14.2. The highest BCUT2D eigenvalue weighted by atomic mass is 16.2. The van der Waals surface area contributed by atoms with Crippen molar-refractivity contribution in [1.82, 2.24) is 20.4 Å². The molecule has 4 N–H and O–H groups in total. The minimum Gasteiger partial charge on any atom is -0.364 e. The summed E-state index contributed by atoms with van der Waals surface area (Å²) < 4.78 is 0. The van der Waals surface area contributed by atoms with Gasteiger partial charge >= 0.3 is 0 Å². The largest absolute Gasteiger partial charge is 0.364 e. The lowest BCUT2D eigenvalue weighted by molar-refractivity contribution is -0.150. The normalized spacial score (nSPS) is 38.5. The maximum Gasteiger partial charge on any atom is 0.247 e. The van der Waals surface area contributed by atoms with Crippen LogP contribution in [0.25, 0.3) is 0 Å². The van der Waals surface area contributed by atoms with Crippen LogP contribution in [0.15, 0.2) is 48.5 Å². The molecule has 0 saturated carbocycles. The molecular weight excluding hydrogens is 508 g/mol. The average Bonchev–Trinajstić information content (AvgIpc) is 3.63. The molecule has 2 aromatic rings. The first kappa shape index (κ1) is 23.8. The number of hydrogen-bond donors (Lipinski definition) is 4. The Bertz CT molecular complexity index is 1530. The number of piperazine rings is 2. The van der Waals surface area contributed by atoms with Gasteiger partial charge < -0.3 is 31.1 Å². The quantitative estimate of drug-likeness (QED) is 0.455. The van der Waals surface area contributed by atoms with Gasteiger partial charge in [0.25, 0.3) is 0 Å².